The SMILES string of the molecule is O=C(Nc1ccc(CN2CCCC2)cc1)c1cn[nH]n1. The zero-order valence-electron chi connectivity index (χ0n) is 11.2. The highest BCUT2D eigenvalue weighted by atomic mass is 16.2. The van der Waals surface area contributed by atoms with E-state index >= 15 is 0 Å². The first-order chi connectivity index (χ1) is 9.81. The molecule has 2 heterocycles. The Labute approximate surface area is 117 Å². The van der Waals surface area contributed by atoms with Crippen molar-refractivity contribution < 1.29 is 4.79 Å². The van der Waals surface area contributed by atoms with Gasteiger partial charge in [0.25, 0.3) is 5.91 Å². The van der Waals surface area contributed by atoms with Gasteiger partial charge in [-0.15, -0.1) is 0 Å². The molecule has 0 unspecified atom stereocenters. The van der Waals surface area contributed by atoms with E-state index in [9.17, 15) is 4.79 Å². The van der Waals surface area contributed by atoms with Crippen LogP contribution in [0.4, 0.5) is 5.69 Å². The first-order valence-electron chi connectivity index (χ1n) is 6.80. The Morgan fingerprint density at radius 2 is 2.00 bits per heavy atom. The normalized spacial score (nSPS) is 15.4. The molecule has 3 rings (SSSR count). The predicted octanol–water partition coefficient (Wildman–Crippen LogP) is 1.65. The van der Waals surface area contributed by atoms with Gasteiger partial charge < -0.3 is 5.32 Å². The summed E-state index contributed by atoms with van der Waals surface area (Å²) < 4.78 is 0. The lowest BCUT2D eigenvalue weighted by Gasteiger charge is -2.14. The van der Waals surface area contributed by atoms with Crippen molar-refractivity contribution in [3.05, 3.63) is 41.7 Å². The molecule has 20 heavy (non-hydrogen) atoms. The van der Waals surface area contributed by atoms with Gasteiger partial charge in [-0.25, -0.2) is 0 Å². The molecular formula is C14H17N5O. The number of hydrogen-bond donors (Lipinski definition) is 2. The van der Waals surface area contributed by atoms with Gasteiger partial charge in [-0.1, -0.05) is 12.1 Å². The first kappa shape index (κ1) is 12.8. The molecule has 1 amide bonds. The lowest BCUT2D eigenvalue weighted by atomic mass is 10.2. The van der Waals surface area contributed by atoms with Crippen molar-refractivity contribution in [2.45, 2.75) is 19.4 Å². The van der Waals surface area contributed by atoms with E-state index in [0.717, 1.165) is 12.2 Å². The van der Waals surface area contributed by atoms with Gasteiger partial charge in [-0.05, 0) is 43.6 Å². The average molecular weight is 271 g/mol. The molecular weight excluding hydrogens is 254 g/mol. The van der Waals surface area contributed by atoms with Crippen LogP contribution in [-0.4, -0.2) is 39.3 Å². The van der Waals surface area contributed by atoms with E-state index in [4.69, 9.17) is 0 Å². The number of nitrogens with one attached hydrogen (secondary N) is 2. The zero-order chi connectivity index (χ0) is 13.8. The van der Waals surface area contributed by atoms with E-state index in [2.05, 4.69) is 37.8 Å². The maximum atomic E-state index is 11.8. The molecule has 2 N–H and O–H groups in total. The molecule has 1 aromatic heterocycles. The second-order valence-electron chi connectivity index (χ2n) is 4.99. The van der Waals surface area contributed by atoms with Gasteiger partial charge in [-0.3, -0.25) is 9.69 Å². The Hall–Kier alpha value is -2.21. The summed E-state index contributed by atoms with van der Waals surface area (Å²) in [7, 11) is 0. The Balaban J connectivity index is 1.59. The van der Waals surface area contributed by atoms with Crippen molar-refractivity contribution >= 4 is 11.6 Å². The molecule has 2 aromatic rings. The topological polar surface area (TPSA) is 73.9 Å². The summed E-state index contributed by atoms with van der Waals surface area (Å²) in [4.78, 5) is 14.2. The summed E-state index contributed by atoms with van der Waals surface area (Å²) in [6, 6.07) is 7.94. The number of carbonyl (C=O) groups excluding carboxylic acids is 1. The maximum Gasteiger partial charge on any atom is 0.277 e. The number of aromatic amines is 1. The monoisotopic (exact) mass is 271 g/mol. The summed E-state index contributed by atoms with van der Waals surface area (Å²) in [5.74, 6) is -0.258. The summed E-state index contributed by atoms with van der Waals surface area (Å²) in [5, 5.41) is 12.6. The van der Waals surface area contributed by atoms with E-state index in [1.54, 1.807) is 0 Å². The summed E-state index contributed by atoms with van der Waals surface area (Å²) >= 11 is 0. The molecule has 6 nitrogen and oxygen atoms in total. The first-order valence-corrected chi connectivity index (χ1v) is 6.80. The third-order valence-corrected chi connectivity index (χ3v) is 3.46. The van der Waals surface area contributed by atoms with E-state index < -0.39 is 0 Å². The average Bonchev–Trinajstić information content (AvgIpc) is 3.13. The van der Waals surface area contributed by atoms with Crippen LogP contribution in [0.25, 0.3) is 0 Å². The van der Waals surface area contributed by atoms with Crippen molar-refractivity contribution in [3.63, 3.8) is 0 Å². The molecule has 0 bridgehead atoms. The van der Waals surface area contributed by atoms with Crippen molar-refractivity contribution in [1.82, 2.24) is 20.3 Å². The Morgan fingerprint density at radius 3 is 2.65 bits per heavy atom. The number of hydrogen-bond acceptors (Lipinski definition) is 4. The summed E-state index contributed by atoms with van der Waals surface area (Å²) in [6.45, 7) is 3.35. The molecule has 0 saturated carbocycles. The smallest absolute Gasteiger partial charge is 0.277 e. The molecule has 0 radical (unpaired) electrons. The van der Waals surface area contributed by atoms with Crippen LogP contribution in [0, 0.1) is 0 Å². The quantitative estimate of drug-likeness (QED) is 0.886. The number of aromatic nitrogens is 3. The fourth-order valence-electron chi connectivity index (χ4n) is 2.40. The highest BCUT2D eigenvalue weighted by Gasteiger charge is 2.12. The lowest BCUT2D eigenvalue weighted by Crippen LogP contribution is -2.18. The van der Waals surface area contributed by atoms with Gasteiger partial charge in [-0.2, -0.15) is 15.4 Å². The fraction of sp³-hybridized carbons (Fsp3) is 0.357. The highest BCUT2D eigenvalue weighted by Crippen LogP contribution is 2.15. The van der Waals surface area contributed by atoms with Crippen LogP contribution in [0.5, 0.6) is 0 Å². The summed E-state index contributed by atoms with van der Waals surface area (Å²) in [6.07, 6.45) is 3.99. The third kappa shape index (κ3) is 3.03. The second-order valence-corrected chi connectivity index (χ2v) is 4.99. The van der Waals surface area contributed by atoms with Crippen LogP contribution >= 0.6 is 0 Å². The Morgan fingerprint density at radius 1 is 1.25 bits per heavy atom. The minimum absolute atomic E-state index is 0.258. The fourth-order valence-corrected chi connectivity index (χ4v) is 2.40. The van der Waals surface area contributed by atoms with E-state index in [-0.39, 0.29) is 11.6 Å². The number of H-pyrrole nitrogens is 1. The maximum absolute atomic E-state index is 11.8. The minimum Gasteiger partial charge on any atom is -0.321 e. The van der Waals surface area contributed by atoms with Gasteiger partial charge in [0, 0.05) is 12.2 Å². The Kier molecular flexibility index (Phi) is 3.73. The number of rotatable bonds is 4. The lowest BCUT2D eigenvalue weighted by molar-refractivity contribution is 0.102. The van der Waals surface area contributed by atoms with Crippen LogP contribution < -0.4 is 5.32 Å². The van der Waals surface area contributed by atoms with Crippen molar-refractivity contribution in [2.24, 2.45) is 0 Å². The second kappa shape index (κ2) is 5.83. The number of anilines is 1. The van der Waals surface area contributed by atoms with Crippen molar-refractivity contribution in [1.29, 1.82) is 0 Å². The largest absolute Gasteiger partial charge is 0.321 e. The van der Waals surface area contributed by atoms with E-state index in [1.165, 1.54) is 37.7 Å². The standard InChI is InChI=1S/C14H17N5O/c20-14(13-9-15-18-17-13)16-12-5-3-11(4-6-12)10-19-7-1-2-8-19/h3-6,9H,1-2,7-8,10H2,(H,16,20)(H,15,17,18). The van der Waals surface area contributed by atoms with Crippen LogP contribution in [0.1, 0.15) is 28.9 Å². The molecule has 1 aliphatic heterocycles. The zero-order valence-corrected chi connectivity index (χ0v) is 11.2. The molecule has 1 saturated heterocycles. The number of benzene rings is 1. The third-order valence-electron chi connectivity index (χ3n) is 3.46. The molecule has 1 aliphatic rings. The predicted molar refractivity (Wildman–Crippen MR) is 75.3 cm³/mol. The number of nitrogens with zero attached hydrogens (tertiary/aromatic N) is 3. The summed E-state index contributed by atoms with van der Waals surface area (Å²) in [5.41, 5.74) is 2.32. The van der Waals surface area contributed by atoms with Gasteiger partial charge in [0.1, 0.15) is 0 Å². The number of likely N-dealkylation sites (tertiary alicyclic amines) is 1. The Bertz CT molecular complexity index is 558. The van der Waals surface area contributed by atoms with Gasteiger partial charge in [0.15, 0.2) is 5.69 Å². The van der Waals surface area contributed by atoms with Crippen LogP contribution in [0.3, 0.4) is 0 Å². The molecule has 0 spiro atoms. The number of carbonyl (C=O) groups is 1. The highest BCUT2D eigenvalue weighted by molar-refractivity contribution is 6.02. The molecule has 1 fully saturated rings. The van der Waals surface area contributed by atoms with Crippen LogP contribution in [0.15, 0.2) is 30.5 Å². The molecule has 0 atom stereocenters. The van der Waals surface area contributed by atoms with E-state index in [1.807, 2.05) is 12.1 Å². The van der Waals surface area contributed by atoms with Crippen molar-refractivity contribution in [3.8, 4) is 0 Å². The number of amides is 1. The molecule has 0 aliphatic carbocycles. The van der Waals surface area contributed by atoms with Crippen LogP contribution in [-0.2, 0) is 6.54 Å². The van der Waals surface area contributed by atoms with Gasteiger partial charge >= 0.3 is 0 Å². The molecule has 6 heteroatoms. The van der Waals surface area contributed by atoms with E-state index in [0.29, 0.717) is 0 Å². The minimum atomic E-state index is -0.258. The molecule has 1 aromatic carbocycles. The van der Waals surface area contributed by atoms with Crippen molar-refractivity contribution in [2.75, 3.05) is 18.4 Å². The van der Waals surface area contributed by atoms with Crippen LogP contribution in [0.2, 0.25) is 0 Å². The van der Waals surface area contributed by atoms with Gasteiger partial charge in [0.2, 0.25) is 0 Å². The van der Waals surface area contributed by atoms with Gasteiger partial charge in [0.05, 0.1) is 6.20 Å². The molecule has 104 valence electrons.